The first kappa shape index (κ1) is 17.4. The number of amides is 1. The maximum Gasteiger partial charge on any atom is 0.256 e. The van der Waals surface area contributed by atoms with Crippen LogP contribution in [0, 0.1) is 7.14 Å². The molecule has 3 rings (SSSR count). The average molecular weight is 545 g/mol. The molecule has 0 aliphatic carbocycles. The van der Waals surface area contributed by atoms with Crippen LogP contribution in [-0.2, 0) is 6.61 Å². The molecule has 4 nitrogen and oxygen atoms in total. The Morgan fingerprint density at radius 1 is 1.08 bits per heavy atom. The Morgan fingerprint density at radius 3 is 2.67 bits per heavy atom. The molecular formula is C18H13I2NO3. The molecule has 3 aromatic rings. The van der Waals surface area contributed by atoms with Crippen LogP contribution in [0.1, 0.15) is 16.1 Å². The van der Waals surface area contributed by atoms with Crippen molar-refractivity contribution in [1.29, 1.82) is 0 Å². The van der Waals surface area contributed by atoms with Crippen molar-refractivity contribution in [3.63, 3.8) is 0 Å². The number of benzene rings is 2. The Bertz CT molecular complexity index is 889. The molecule has 1 amide bonds. The molecule has 1 heterocycles. The number of anilines is 1. The van der Waals surface area contributed by atoms with E-state index in [1.165, 1.54) is 0 Å². The van der Waals surface area contributed by atoms with E-state index in [1.807, 2.05) is 42.5 Å². The molecule has 0 radical (unpaired) electrons. The van der Waals surface area contributed by atoms with E-state index in [0.717, 1.165) is 12.7 Å². The summed E-state index contributed by atoms with van der Waals surface area (Å²) in [6, 6.07) is 16.7. The minimum Gasteiger partial charge on any atom is -0.459 e. The zero-order chi connectivity index (χ0) is 17.1. The highest BCUT2D eigenvalue weighted by molar-refractivity contribution is 14.1. The van der Waals surface area contributed by atoms with E-state index < -0.39 is 0 Å². The monoisotopic (exact) mass is 545 g/mol. The van der Waals surface area contributed by atoms with Gasteiger partial charge in [-0.25, -0.2) is 0 Å². The topological polar surface area (TPSA) is 62.5 Å². The van der Waals surface area contributed by atoms with Gasteiger partial charge in [0.25, 0.3) is 5.91 Å². The standard InChI is InChI=1S/C18H13I2NO3/c19-12-4-6-16(20)15(9-12)18(23)21-13-3-1-2-11(8-13)17-7-5-14(10-22)24-17/h1-9,22H,10H2,(H,21,23). The Balaban J connectivity index is 1.84. The number of furan rings is 1. The molecule has 1 aromatic heterocycles. The zero-order valence-corrected chi connectivity index (χ0v) is 16.7. The molecule has 2 N–H and O–H groups in total. The molecule has 122 valence electrons. The van der Waals surface area contributed by atoms with Gasteiger partial charge in [-0.3, -0.25) is 4.79 Å². The van der Waals surface area contributed by atoms with Crippen molar-refractivity contribution in [3.05, 3.63) is 73.1 Å². The van der Waals surface area contributed by atoms with Gasteiger partial charge < -0.3 is 14.8 Å². The van der Waals surface area contributed by atoms with Gasteiger partial charge in [-0.2, -0.15) is 0 Å². The molecule has 0 fully saturated rings. The van der Waals surface area contributed by atoms with Gasteiger partial charge >= 0.3 is 0 Å². The van der Waals surface area contributed by atoms with E-state index in [0.29, 0.717) is 22.8 Å². The lowest BCUT2D eigenvalue weighted by Gasteiger charge is -2.08. The minimum atomic E-state index is -0.148. The first-order valence-electron chi connectivity index (χ1n) is 7.13. The number of rotatable bonds is 4. The molecule has 0 aliphatic rings. The van der Waals surface area contributed by atoms with Gasteiger partial charge in [-0.1, -0.05) is 12.1 Å². The maximum absolute atomic E-state index is 12.5. The van der Waals surface area contributed by atoms with Crippen molar-refractivity contribution in [1.82, 2.24) is 0 Å². The lowest BCUT2D eigenvalue weighted by Crippen LogP contribution is -2.13. The largest absolute Gasteiger partial charge is 0.459 e. The predicted octanol–water partition coefficient (Wildman–Crippen LogP) is 4.90. The van der Waals surface area contributed by atoms with Crippen LogP contribution in [-0.4, -0.2) is 11.0 Å². The number of nitrogens with one attached hydrogen (secondary N) is 1. The Hall–Kier alpha value is -1.39. The number of hydrogen-bond donors (Lipinski definition) is 2. The van der Waals surface area contributed by atoms with E-state index in [2.05, 4.69) is 50.5 Å². The van der Waals surface area contributed by atoms with Crippen LogP contribution in [0.25, 0.3) is 11.3 Å². The van der Waals surface area contributed by atoms with Crippen LogP contribution in [0.2, 0.25) is 0 Å². The average Bonchev–Trinajstić information content (AvgIpc) is 3.06. The fourth-order valence-electron chi connectivity index (χ4n) is 2.24. The lowest BCUT2D eigenvalue weighted by molar-refractivity contribution is 0.102. The summed E-state index contributed by atoms with van der Waals surface area (Å²) in [5.41, 5.74) is 2.17. The second-order valence-corrected chi connectivity index (χ2v) is 7.49. The second kappa shape index (κ2) is 7.66. The summed E-state index contributed by atoms with van der Waals surface area (Å²) in [6.07, 6.45) is 0. The van der Waals surface area contributed by atoms with Crippen LogP contribution < -0.4 is 5.32 Å². The van der Waals surface area contributed by atoms with Gasteiger partial charge in [-0.15, -0.1) is 0 Å². The van der Waals surface area contributed by atoms with E-state index in [9.17, 15) is 4.79 Å². The van der Waals surface area contributed by atoms with E-state index in [4.69, 9.17) is 9.52 Å². The summed E-state index contributed by atoms with van der Waals surface area (Å²) in [5, 5.41) is 12.0. The van der Waals surface area contributed by atoms with E-state index in [1.54, 1.807) is 12.1 Å². The SMILES string of the molecule is O=C(Nc1cccc(-c2ccc(CO)o2)c1)c1cc(I)ccc1I. The van der Waals surface area contributed by atoms with E-state index in [-0.39, 0.29) is 12.5 Å². The number of carbonyl (C=O) groups is 1. The highest BCUT2D eigenvalue weighted by Gasteiger charge is 2.12. The molecule has 2 aromatic carbocycles. The highest BCUT2D eigenvalue weighted by Crippen LogP contribution is 2.25. The summed E-state index contributed by atoms with van der Waals surface area (Å²) in [5.74, 6) is 1.01. The highest BCUT2D eigenvalue weighted by atomic mass is 127. The van der Waals surface area contributed by atoms with E-state index >= 15 is 0 Å². The quantitative estimate of drug-likeness (QED) is 0.459. The fraction of sp³-hybridized carbons (Fsp3) is 0.0556. The van der Waals surface area contributed by atoms with Crippen molar-refractivity contribution >= 4 is 56.8 Å². The zero-order valence-electron chi connectivity index (χ0n) is 12.4. The Labute approximate surface area is 166 Å². The third-order valence-corrected chi connectivity index (χ3v) is 5.01. The molecule has 0 bridgehead atoms. The molecule has 6 heteroatoms. The smallest absolute Gasteiger partial charge is 0.256 e. The third kappa shape index (κ3) is 3.98. The summed E-state index contributed by atoms with van der Waals surface area (Å²) in [6.45, 7) is -0.137. The first-order valence-corrected chi connectivity index (χ1v) is 9.29. The van der Waals surface area contributed by atoms with Gasteiger partial charge in [0.05, 0.1) is 5.56 Å². The molecule has 0 spiro atoms. The summed E-state index contributed by atoms with van der Waals surface area (Å²) in [7, 11) is 0. The Morgan fingerprint density at radius 2 is 1.92 bits per heavy atom. The summed E-state index contributed by atoms with van der Waals surface area (Å²) >= 11 is 4.34. The number of halogens is 2. The van der Waals surface area contributed by atoms with Crippen LogP contribution in [0.5, 0.6) is 0 Å². The molecule has 0 aliphatic heterocycles. The van der Waals surface area contributed by atoms with Gasteiger partial charge in [-0.05, 0) is 87.6 Å². The number of aliphatic hydroxyl groups is 1. The van der Waals surface area contributed by atoms with Crippen molar-refractivity contribution in [3.8, 4) is 11.3 Å². The van der Waals surface area contributed by atoms with Crippen molar-refractivity contribution in [2.75, 3.05) is 5.32 Å². The number of hydrogen-bond acceptors (Lipinski definition) is 3. The summed E-state index contributed by atoms with van der Waals surface area (Å²) in [4.78, 5) is 12.5. The van der Waals surface area contributed by atoms with Crippen LogP contribution in [0.15, 0.2) is 59.0 Å². The van der Waals surface area contributed by atoms with Gasteiger partial charge in [0, 0.05) is 18.4 Å². The first-order chi connectivity index (χ1) is 11.6. The van der Waals surface area contributed by atoms with Crippen LogP contribution in [0.4, 0.5) is 5.69 Å². The fourth-order valence-corrected chi connectivity index (χ4v) is 3.31. The van der Waals surface area contributed by atoms with Crippen LogP contribution in [0.3, 0.4) is 0 Å². The van der Waals surface area contributed by atoms with Crippen molar-refractivity contribution in [2.24, 2.45) is 0 Å². The van der Waals surface area contributed by atoms with Gasteiger partial charge in [0.2, 0.25) is 0 Å². The van der Waals surface area contributed by atoms with Gasteiger partial charge in [0.15, 0.2) is 0 Å². The molecule has 0 atom stereocenters. The Kier molecular flexibility index (Phi) is 5.57. The molecule has 0 saturated carbocycles. The predicted molar refractivity (Wildman–Crippen MR) is 110 cm³/mol. The second-order valence-electron chi connectivity index (χ2n) is 5.08. The van der Waals surface area contributed by atoms with Crippen LogP contribution >= 0.6 is 45.2 Å². The molecule has 0 unspecified atom stereocenters. The number of aliphatic hydroxyl groups excluding tert-OH is 1. The lowest BCUT2D eigenvalue weighted by atomic mass is 10.1. The summed E-state index contributed by atoms with van der Waals surface area (Å²) < 4.78 is 7.45. The molecular weight excluding hydrogens is 532 g/mol. The van der Waals surface area contributed by atoms with Crippen molar-refractivity contribution < 1.29 is 14.3 Å². The number of carbonyl (C=O) groups excluding carboxylic acids is 1. The molecule has 24 heavy (non-hydrogen) atoms. The third-order valence-electron chi connectivity index (χ3n) is 3.40. The minimum absolute atomic E-state index is 0.137. The van der Waals surface area contributed by atoms with Crippen molar-refractivity contribution in [2.45, 2.75) is 6.61 Å². The van der Waals surface area contributed by atoms with Gasteiger partial charge in [0.1, 0.15) is 18.1 Å². The molecule has 0 saturated heterocycles. The maximum atomic E-state index is 12.5. The normalized spacial score (nSPS) is 10.6.